The molecule has 0 amide bonds. The fraction of sp³-hybridized carbons (Fsp3) is 0.385. The minimum atomic E-state index is -0.661. The Morgan fingerprint density at radius 1 is 1.33 bits per heavy atom. The third-order valence-electron chi connectivity index (χ3n) is 2.78. The molecule has 0 radical (unpaired) electrons. The average molecular weight is 292 g/mol. The zero-order valence-electron chi connectivity index (χ0n) is 11.6. The van der Waals surface area contributed by atoms with Crippen LogP contribution >= 0.6 is 0 Å². The Bertz CT molecular complexity index is 568. The lowest BCUT2D eigenvalue weighted by Gasteiger charge is -2.13. The van der Waals surface area contributed by atoms with Gasteiger partial charge in [-0.3, -0.25) is 25.1 Å². The molecule has 0 atom stereocenters. The highest BCUT2D eigenvalue weighted by Gasteiger charge is 2.18. The van der Waals surface area contributed by atoms with Crippen molar-refractivity contribution in [2.24, 2.45) is 0 Å². The van der Waals surface area contributed by atoms with Crippen molar-refractivity contribution in [3.05, 3.63) is 38.4 Å². The molecule has 0 bridgehead atoms. The second-order valence-corrected chi connectivity index (χ2v) is 4.44. The third kappa shape index (κ3) is 5.08. The number of nitrogens with one attached hydrogen (secondary N) is 1. The molecule has 0 unspecified atom stereocenters. The van der Waals surface area contributed by atoms with Crippen LogP contribution < -0.4 is 5.32 Å². The third-order valence-corrected chi connectivity index (χ3v) is 2.78. The zero-order chi connectivity index (χ0) is 15.8. The van der Waals surface area contributed by atoms with Gasteiger partial charge < -0.3 is 5.32 Å². The number of hydrogen-bond acceptors (Lipinski definition) is 6. The lowest BCUT2D eigenvalue weighted by Crippen LogP contribution is -2.21. The summed E-state index contributed by atoms with van der Waals surface area (Å²) in [5.41, 5.74) is -0.340. The zero-order valence-corrected chi connectivity index (χ0v) is 11.6. The Balaban J connectivity index is 2.65. The van der Waals surface area contributed by atoms with Gasteiger partial charge in [-0.1, -0.05) is 5.92 Å². The van der Waals surface area contributed by atoms with Crippen molar-refractivity contribution >= 4 is 17.1 Å². The van der Waals surface area contributed by atoms with Gasteiger partial charge in [-0.15, -0.1) is 6.42 Å². The average Bonchev–Trinajstić information content (AvgIpc) is 2.43. The summed E-state index contributed by atoms with van der Waals surface area (Å²) in [7, 11) is 1.88. The fourth-order valence-electron chi connectivity index (χ4n) is 1.74. The summed E-state index contributed by atoms with van der Waals surface area (Å²) in [4.78, 5) is 22.2. The predicted molar refractivity (Wildman–Crippen MR) is 79.2 cm³/mol. The molecule has 1 aromatic rings. The summed E-state index contributed by atoms with van der Waals surface area (Å²) in [6, 6.07) is 3.54. The fourth-order valence-corrected chi connectivity index (χ4v) is 1.74. The van der Waals surface area contributed by atoms with Crippen LogP contribution in [-0.2, 0) is 0 Å². The van der Waals surface area contributed by atoms with E-state index in [2.05, 4.69) is 11.2 Å². The van der Waals surface area contributed by atoms with Crippen LogP contribution in [0.1, 0.15) is 6.42 Å². The molecule has 21 heavy (non-hydrogen) atoms. The minimum absolute atomic E-state index is 0.269. The van der Waals surface area contributed by atoms with E-state index in [9.17, 15) is 20.2 Å². The molecule has 0 aliphatic rings. The van der Waals surface area contributed by atoms with Crippen molar-refractivity contribution in [3.8, 4) is 12.3 Å². The van der Waals surface area contributed by atoms with E-state index < -0.39 is 9.85 Å². The Labute approximate surface area is 122 Å². The Morgan fingerprint density at radius 2 is 2.05 bits per heavy atom. The molecule has 0 aliphatic carbocycles. The summed E-state index contributed by atoms with van der Waals surface area (Å²) < 4.78 is 0. The summed E-state index contributed by atoms with van der Waals surface area (Å²) in [6.45, 7) is 1.79. The molecule has 1 rings (SSSR count). The van der Waals surface area contributed by atoms with Gasteiger partial charge in [-0.05, 0) is 19.5 Å². The number of terminal acetylenes is 1. The molecule has 1 aromatic carbocycles. The van der Waals surface area contributed by atoms with E-state index in [-0.39, 0.29) is 17.1 Å². The van der Waals surface area contributed by atoms with Crippen LogP contribution in [0.5, 0.6) is 0 Å². The molecule has 8 nitrogen and oxygen atoms in total. The van der Waals surface area contributed by atoms with Crippen molar-refractivity contribution in [3.63, 3.8) is 0 Å². The van der Waals surface area contributed by atoms with E-state index in [0.29, 0.717) is 13.1 Å². The van der Waals surface area contributed by atoms with E-state index in [1.807, 2.05) is 11.9 Å². The van der Waals surface area contributed by atoms with Crippen LogP contribution in [0.2, 0.25) is 0 Å². The molecule has 8 heteroatoms. The highest BCUT2D eigenvalue weighted by molar-refractivity contribution is 5.65. The van der Waals surface area contributed by atoms with Gasteiger partial charge in [0.2, 0.25) is 0 Å². The number of hydrogen-bond donors (Lipinski definition) is 1. The van der Waals surface area contributed by atoms with Gasteiger partial charge in [0.25, 0.3) is 11.4 Å². The van der Waals surface area contributed by atoms with Gasteiger partial charge >= 0.3 is 0 Å². The molecule has 1 N–H and O–H groups in total. The molecular weight excluding hydrogens is 276 g/mol. The van der Waals surface area contributed by atoms with Crippen LogP contribution in [0.3, 0.4) is 0 Å². The largest absolute Gasteiger partial charge is 0.379 e. The number of rotatable bonds is 8. The molecule has 0 aromatic heterocycles. The van der Waals surface area contributed by atoms with Crippen molar-refractivity contribution in [1.82, 2.24) is 4.90 Å². The minimum Gasteiger partial charge on any atom is -0.379 e. The Hall–Kier alpha value is -2.66. The first-order valence-corrected chi connectivity index (χ1v) is 6.24. The van der Waals surface area contributed by atoms with E-state index in [1.165, 1.54) is 12.1 Å². The van der Waals surface area contributed by atoms with Crippen LogP contribution in [0.4, 0.5) is 17.1 Å². The van der Waals surface area contributed by atoms with Crippen LogP contribution in [0, 0.1) is 32.6 Å². The van der Waals surface area contributed by atoms with Crippen molar-refractivity contribution < 1.29 is 9.85 Å². The molecule has 0 fully saturated rings. The topological polar surface area (TPSA) is 102 Å². The van der Waals surface area contributed by atoms with E-state index in [1.54, 1.807) is 0 Å². The van der Waals surface area contributed by atoms with Gasteiger partial charge in [0.05, 0.1) is 22.5 Å². The summed E-state index contributed by atoms with van der Waals surface area (Å²) in [5, 5.41) is 24.5. The number of non-ortho nitro benzene ring substituents is 1. The molecular formula is C13H16N4O4. The van der Waals surface area contributed by atoms with Crippen molar-refractivity contribution in [2.45, 2.75) is 6.42 Å². The van der Waals surface area contributed by atoms with Gasteiger partial charge in [0, 0.05) is 19.2 Å². The Kier molecular flexibility index (Phi) is 6.10. The lowest BCUT2D eigenvalue weighted by molar-refractivity contribution is -0.393. The molecule has 0 aliphatic heterocycles. The van der Waals surface area contributed by atoms with Crippen molar-refractivity contribution in [2.75, 3.05) is 32.0 Å². The maximum atomic E-state index is 10.9. The molecule has 0 saturated carbocycles. The predicted octanol–water partition coefficient (Wildman–Crippen LogP) is 1.87. The monoisotopic (exact) mass is 292 g/mol. The normalized spacial score (nSPS) is 10.1. The quantitative estimate of drug-likeness (QED) is 0.339. The van der Waals surface area contributed by atoms with Crippen LogP contribution in [-0.4, -0.2) is 41.4 Å². The first kappa shape index (κ1) is 16.4. The number of nitro benzene ring substituents is 2. The molecule has 0 spiro atoms. The second-order valence-electron chi connectivity index (χ2n) is 4.44. The maximum Gasteiger partial charge on any atom is 0.299 e. The maximum absolute atomic E-state index is 10.9. The summed E-state index contributed by atoms with van der Waals surface area (Å²) in [5.74, 6) is 2.52. The first-order chi connectivity index (χ1) is 9.95. The smallest absolute Gasteiger partial charge is 0.299 e. The molecule has 0 heterocycles. The highest BCUT2D eigenvalue weighted by Crippen LogP contribution is 2.28. The number of nitro groups is 2. The lowest BCUT2D eigenvalue weighted by atomic mass is 10.2. The highest BCUT2D eigenvalue weighted by atomic mass is 16.6. The van der Waals surface area contributed by atoms with E-state index in [0.717, 1.165) is 19.0 Å². The van der Waals surface area contributed by atoms with Gasteiger partial charge in [0.15, 0.2) is 0 Å². The number of benzene rings is 1. The second kappa shape index (κ2) is 7.81. The first-order valence-electron chi connectivity index (χ1n) is 6.24. The molecule has 0 saturated heterocycles. The van der Waals surface area contributed by atoms with Crippen molar-refractivity contribution in [1.29, 1.82) is 0 Å². The standard InChI is InChI=1S/C13H16N4O4/c1-3-8-15(2)9-4-7-14-12-6-5-11(16(18)19)10-13(12)17(20)21/h1,5-6,10,14H,4,7-9H2,2H3. The van der Waals surface area contributed by atoms with Crippen LogP contribution in [0.15, 0.2) is 18.2 Å². The van der Waals surface area contributed by atoms with Gasteiger partial charge in [0.1, 0.15) is 5.69 Å². The number of nitrogens with zero attached hydrogens (tertiary/aromatic N) is 3. The SMILES string of the molecule is C#CCN(C)CCCNc1ccc([N+](=O)[O-])cc1[N+](=O)[O-]. The summed E-state index contributed by atoms with van der Waals surface area (Å²) >= 11 is 0. The van der Waals surface area contributed by atoms with Gasteiger partial charge in [-0.2, -0.15) is 0 Å². The molecule has 112 valence electrons. The van der Waals surface area contributed by atoms with Gasteiger partial charge in [-0.25, -0.2) is 0 Å². The number of anilines is 1. The van der Waals surface area contributed by atoms with E-state index in [4.69, 9.17) is 6.42 Å². The van der Waals surface area contributed by atoms with Crippen LogP contribution in [0.25, 0.3) is 0 Å². The van der Waals surface area contributed by atoms with E-state index >= 15 is 0 Å². The summed E-state index contributed by atoms with van der Waals surface area (Å²) in [6.07, 6.45) is 5.92. The Morgan fingerprint density at radius 3 is 2.62 bits per heavy atom.